The number of nitrogens with one attached hydrogen (secondary N) is 1. The molecule has 0 atom stereocenters. The molecule has 8 heteroatoms. The summed E-state index contributed by atoms with van der Waals surface area (Å²) in [6.07, 6.45) is 2.22. The van der Waals surface area contributed by atoms with Crippen LogP contribution < -0.4 is 10.9 Å². The molecule has 128 valence electrons. The van der Waals surface area contributed by atoms with E-state index in [4.69, 9.17) is 0 Å². The van der Waals surface area contributed by atoms with Gasteiger partial charge in [-0.15, -0.1) is 0 Å². The molecule has 0 aliphatic heterocycles. The van der Waals surface area contributed by atoms with E-state index in [1.807, 2.05) is 0 Å². The lowest BCUT2D eigenvalue weighted by Gasteiger charge is -2.12. The highest BCUT2D eigenvalue weighted by atomic mass is 32.2. The third-order valence-corrected chi connectivity index (χ3v) is 4.77. The number of nitrogens with zero attached hydrogens (tertiary/aromatic N) is 2. The molecule has 0 radical (unpaired) electrons. The second-order valence-electron chi connectivity index (χ2n) is 5.49. The van der Waals surface area contributed by atoms with E-state index < -0.39 is 21.3 Å². The lowest BCUT2D eigenvalue weighted by atomic mass is 10.3. The molecule has 0 spiro atoms. The summed E-state index contributed by atoms with van der Waals surface area (Å²) in [6.45, 7) is -0.250. The zero-order chi connectivity index (χ0) is 18.0. The molecule has 7 nitrogen and oxygen atoms in total. The Morgan fingerprint density at radius 2 is 1.80 bits per heavy atom. The standard InChI is InChI=1S/C17H15N3O4S/c1-25(23,24)15-9-5-3-7-13(15)19-16(21)11-20-14-8-4-2-6-12(14)18-10-17(20)22/h2-10H,11H2,1H3,(H,19,21). The zero-order valence-corrected chi connectivity index (χ0v) is 14.2. The molecular formula is C17H15N3O4S. The summed E-state index contributed by atoms with van der Waals surface area (Å²) in [5.74, 6) is -0.505. The van der Waals surface area contributed by atoms with E-state index in [1.165, 1.54) is 16.7 Å². The molecule has 3 rings (SSSR count). The van der Waals surface area contributed by atoms with Crippen LogP contribution in [0.2, 0.25) is 0 Å². The first-order chi connectivity index (χ1) is 11.9. The fourth-order valence-corrected chi connectivity index (χ4v) is 3.35. The molecule has 0 saturated heterocycles. The van der Waals surface area contributed by atoms with E-state index in [2.05, 4.69) is 10.3 Å². The Morgan fingerprint density at radius 3 is 2.56 bits per heavy atom. The van der Waals surface area contributed by atoms with Gasteiger partial charge in [0, 0.05) is 6.26 Å². The summed E-state index contributed by atoms with van der Waals surface area (Å²) >= 11 is 0. The Hall–Kier alpha value is -3.00. The van der Waals surface area contributed by atoms with Gasteiger partial charge in [-0.05, 0) is 24.3 Å². The van der Waals surface area contributed by atoms with Crippen LogP contribution >= 0.6 is 0 Å². The number of rotatable bonds is 4. The van der Waals surface area contributed by atoms with Crippen LogP contribution in [0.15, 0.2) is 64.4 Å². The van der Waals surface area contributed by atoms with E-state index in [9.17, 15) is 18.0 Å². The molecule has 1 N–H and O–H groups in total. The van der Waals surface area contributed by atoms with Crippen LogP contribution in [0, 0.1) is 0 Å². The van der Waals surface area contributed by atoms with Gasteiger partial charge in [0.25, 0.3) is 5.56 Å². The minimum atomic E-state index is -3.49. The van der Waals surface area contributed by atoms with Gasteiger partial charge in [0.15, 0.2) is 9.84 Å². The number of carbonyl (C=O) groups is 1. The quantitative estimate of drug-likeness (QED) is 0.762. The highest BCUT2D eigenvalue weighted by Crippen LogP contribution is 2.20. The van der Waals surface area contributed by atoms with Crippen LogP contribution in [0.4, 0.5) is 5.69 Å². The van der Waals surface area contributed by atoms with Crippen molar-refractivity contribution >= 4 is 32.5 Å². The molecule has 0 unspecified atom stereocenters. The number of para-hydroxylation sites is 3. The van der Waals surface area contributed by atoms with Crippen molar-refractivity contribution in [3.05, 3.63) is 65.1 Å². The monoisotopic (exact) mass is 357 g/mol. The summed E-state index contributed by atoms with van der Waals surface area (Å²) < 4.78 is 24.9. The maximum Gasteiger partial charge on any atom is 0.269 e. The second kappa shape index (κ2) is 6.48. The van der Waals surface area contributed by atoms with Gasteiger partial charge in [-0.1, -0.05) is 24.3 Å². The van der Waals surface area contributed by atoms with E-state index in [1.54, 1.807) is 36.4 Å². The Balaban J connectivity index is 1.93. The van der Waals surface area contributed by atoms with Crippen LogP contribution in [-0.4, -0.2) is 30.1 Å². The van der Waals surface area contributed by atoms with Crippen molar-refractivity contribution in [2.45, 2.75) is 11.4 Å². The molecule has 2 aromatic carbocycles. The van der Waals surface area contributed by atoms with Gasteiger partial charge in [-0.2, -0.15) is 0 Å². The van der Waals surface area contributed by atoms with Crippen LogP contribution in [-0.2, 0) is 21.2 Å². The smallest absolute Gasteiger partial charge is 0.269 e. The largest absolute Gasteiger partial charge is 0.323 e. The van der Waals surface area contributed by atoms with Crippen molar-refractivity contribution in [3.63, 3.8) is 0 Å². The first kappa shape index (κ1) is 16.8. The lowest BCUT2D eigenvalue weighted by Crippen LogP contribution is -2.28. The van der Waals surface area contributed by atoms with Crippen molar-refractivity contribution in [2.75, 3.05) is 11.6 Å². The second-order valence-corrected chi connectivity index (χ2v) is 7.47. The van der Waals surface area contributed by atoms with Crippen molar-refractivity contribution < 1.29 is 13.2 Å². The molecule has 0 aliphatic rings. The fourth-order valence-electron chi connectivity index (χ4n) is 2.50. The third-order valence-electron chi connectivity index (χ3n) is 3.61. The summed E-state index contributed by atoms with van der Waals surface area (Å²) in [5, 5.41) is 2.56. The van der Waals surface area contributed by atoms with Crippen molar-refractivity contribution in [1.82, 2.24) is 9.55 Å². The predicted octanol–water partition coefficient (Wildman–Crippen LogP) is 1.44. The van der Waals surface area contributed by atoms with Crippen LogP contribution in [0.3, 0.4) is 0 Å². The molecule has 0 bridgehead atoms. The first-order valence-corrected chi connectivity index (χ1v) is 9.29. The molecule has 1 aromatic heterocycles. The highest BCUT2D eigenvalue weighted by Gasteiger charge is 2.15. The maximum absolute atomic E-state index is 12.4. The zero-order valence-electron chi connectivity index (χ0n) is 13.3. The predicted molar refractivity (Wildman–Crippen MR) is 94.2 cm³/mol. The van der Waals surface area contributed by atoms with E-state index in [0.29, 0.717) is 11.0 Å². The van der Waals surface area contributed by atoms with Crippen molar-refractivity contribution in [1.29, 1.82) is 0 Å². The number of hydrogen-bond donors (Lipinski definition) is 1. The molecular weight excluding hydrogens is 342 g/mol. The summed E-state index contributed by atoms with van der Waals surface area (Å²) in [6, 6.07) is 13.1. The maximum atomic E-state index is 12.4. The molecule has 25 heavy (non-hydrogen) atoms. The number of fused-ring (bicyclic) bond motifs is 1. The van der Waals surface area contributed by atoms with Crippen molar-refractivity contribution in [2.24, 2.45) is 0 Å². The molecule has 0 saturated carbocycles. The molecule has 1 amide bonds. The van der Waals surface area contributed by atoms with Crippen LogP contribution in [0.25, 0.3) is 11.0 Å². The number of amides is 1. The van der Waals surface area contributed by atoms with Crippen LogP contribution in [0.1, 0.15) is 0 Å². The average molecular weight is 357 g/mol. The average Bonchev–Trinajstić information content (AvgIpc) is 2.57. The van der Waals surface area contributed by atoms with Gasteiger partial charge in [0.2, 0.25) is 5.91 Å². The van der Waals surface area contributed by atoms with Gasteiger partial charge in [-0.3, -0.25) is 14.2 Å². The summed E-state index contributed by atoms with van der Waals surface area (Å²) in [4.78, 5) is 28.5. The summed E-state index contributed by atoms with van der Waals surface area (Å²) in [5.41, 5.74) is 0.889. The van der Waals surface area contributed by atoms with E-state index >= 15 is 0 Å². The third kappa shape index (κ3) is 3.58. The minimum Gasteiger partial charge on any atom is -0.323 e. The van der Waals surface area contributed by atoms with Gasteiger partial charge in [0.1, 0.15) is 6.54 Å². The number of benzene rings is 2. The van der Waals surface area contributed by atoms with Crippen LogP contribution in [0.5, 0.6) is 0 Å². The first-order valence-electron chi connectivity index (χ1n) is 7.40. The number of aromatic nitrogens is 2. The summed E-state index contributed by atoms with van der Waals surface area (Å²) in [7, 11) is -3.49. The number of sulfone groups is 1. The highest BCUT2D eigenvalue weighted by molar-refractivity contribution is 7.90. The van der Waals surface area contributed by atoms with E-state index in [-0.39, 0.29) is 17.1 Å². The lowest BCUT2D eigenvalue weighted by molar-refractivity contribution is -0.116. The Labute approximate surface area is 143 Å². The van der Waals surface area contributed by atoms with Gasteiger partial charge in [-0.25, -0.2) is 13.4 Å². The molecule has 3 aromatic rings. The molecule has 0 fully saturated rings. The van der Waals surface area contributed by atoms with Gasteiger partial charge >= 0.3 is 0 Å². The molecule has 1 heterocycles. The Morgan fingerprint density at radius 1 is 1.12 bits per heavy atom. The SMILES string of the molecule is CS(=O)(=O)c1ccccc1NC(=O)Cn1c(=O)cnc2ccccc21. The molecule has 0 aliphatic carbocycles. The van der Waals surface area contributed by atoms with Gasteiger partial charge < -0.3 is 5.32 Å². The number of hydrogen-bond acceptors (Lipinski definition) is 5. The Kier molecular flexibility index (Phi) is 4.37. The Bertz CT molecular complexity index is 1120. The normalized spacial score (nSPS) is 11.4. The topological polar surface area (TPSA) is 98.1 Å². The minimum absolute atomic E-state index is 0.0234. The number of anilines is 1. The number of carbonyl (C=O) groups excluding carboxylic acids is 1. The van der Waals surface area contributed by atoms with E-state index in [0.717, 1.165) is 12.5 Å². The van der Waals surface area contributed by atoms with Crippen molar-refractivity contribution in [3.8, 4) is 0 Å². The fraction of sp³-hybridized carbons (Fsp3) is 0.118. The van der Waals surface area contributed by atoms with Gasteiger partial charge in [0.05, 0.1) is 27.8 Å².